The molecule has 4 N–H and O–H groups in total. The molecule has 2 aromatic rings. The second-order valence-corrected chi connectivity index (χ2v) is 9.50. The lowest BCUT2D eigenvalue weighted by Crippen LogP contribution is -2.54. The quantitative estimate of drug-likeness (QED) is 0.351. The molecule has 2 heterocycles. The highest BCUT2D eigenvalue weighted by Gasteiger charge is 2.41. The summed E-state index contributed by atoms with van der Waals surface area (Å²) in [5, 5.41) is 5.71. The highest BCUT2D eigenvalue weighted by molar-refractivity contribution is 6.33. The van der Waals surface area contributed by atoms with Gasteiger partial charge in [0.25, 0.3) is 5.91 Å². The number of esters is 1. The molecule has 2 unspecified atom stereocenters. The van der Waals surface area contributed by atoms with Gasteiger partial charge < -0.3 is 30.7 Å². The smallest absolute Gasteiger partial charge is 0.310 e. The van der Waals surface area contributed by atoms with E-state index in [-0.39, 0.29) is 29.5 Å². The first-order valence-corrected chi connectivity index (χ1v) is 12.4. The molecule has 2 fully saturated rings. The van der Waals surface area contributed by atoms with E-state index in [2.05, 4.69) is 10.6 Å². The number of nitrogen functional groups attached to an aromatic ring is 1. The third kappa shape index (κ3) is 6.39. The van der Waals surface area contributed by atoms with Crippen LogP contribution in [-0.4, -0.2) is 59.6 Å². The molecule has 2 saturated heterocycles. The number of anilines is 1. The molecular weight excluding hydrogens is 500 g/mol. The number of halogens is 1. The maximum Gasteiger partial charge on any atom is 0.310 e. The molecule has 0 spiro atoms. The van der Waals surface area contributed by atoms with Gasteiger partial charge in [-0.1, -0.05) is 41.9 Å². The van der Waals surface area contributed by atoms with Gasteiger partial charge in [-0.3, -0.25) is 19.2 Å². The van der Waals surface area contributed by atoms with Gasteiger partial charge in [-0.15, -0.1) is 0 Å². The zero-order valence-electron chi connectivity index (χ0n) is 20.3. The fourth-order valence-electron chi connectivity index (χ4n) is 4.40. The normalized spacial score (nSPS) is 21.8. The van der Waals surface area contributed by atoms with Crippen molar-refractivity contribution in [3.63, 3.8) is 0 Å². The van der Waals surface area contributed by atoms with Crippen LogP contribution in [0.3, 0.4) is 0 Å². The van der Waals surface area contributed by atoms with Gasteiger partial charge in [-0.2, -0.15) is 0 Å². The predicted molar refractivity (Wildman–Crippen MR) is 135 cm³/mol. The number of nitrogens with two attached hydrogens (primary N) is 1. The summed E-state index contributed by atoms with van der Waals surface area (Å²) in [4.78, 5) is 52.3. The van der Waals surface area contributed by atoms with Gasteiger partial charge in [0.1, 0.15) is 18.1 Å². The number of likely N-dealkylation sites (tertiary alicyclic amines) is 1. The van der Waals surface area contributed by atoms with Crippen LogP contribution < -0.4 is 16.4 Å². The molecular formula is C26H29ClN4O6. The third-order valence-corrected chi connectivity index (χ3v) is 6.69. The number of hydrogen-bond donors (Lipinski definition) is 3. The number of carbonyl (C=O) groups is 4. The van der Waals surface area contributed by atoms with E-state index in [9.17, 15) is 19.2 Å². The summed E-state index contributed by atoms with van der Waals surface area (Å²) in [5.41, 5.74) is 7.20. The SMILES string of the molecule is C[C@H](NC(=O)c1ccc(N)c(Cl)c1)C(=O)N1CCC[C@@H]1C(=O)NC1CC(=O)OC1OCc1ccccc1. The Labute approximate surface area is 219 Å². The Hall–Kier alpha value is -3.63. The first-order chi connectivity index (χ1) is 17.7. The van der Waals surface area contributed by atoms with Crippen LogP contribution in [0, 0.1) is 0 Å². The molecule has 3 amide bonds. The molecule has 0 saturated carbocycles. The standard InChI is InChI=1S/C26H29ClN4O6/c1-15(29-23(33)17-9-10-19(28)18(27)12-17)25(35)31-11-5-8-21(31)24(34)30-20-13-22(32)37-26(20)36-14-16-6-3-2-4-7-16/h2-4,6-7,9-10,12,15,20-21,26H,5,8,11,13-14,28H2,1H3,(H,29,33)(H,30,34)/t15-,20?,21+,26?/m0/s1. The maximum atomic E-state index is 13.1. The first kappa shape index (κ1) is 26.4. The average Bonchev–Trinajstić information content (AvgIpc) is 3.51. The fourth-order valence-corrected chi connectivity index (χ4v) is 4.58. The minimum Gasteiger partial charge on any atom is -0.433 e. The topological polar surface area (TPSA) is 140 Å². The number of benzene rings is 2. The first-order valence-electron chi connectivity index (χ1n) is 12.0. The summed E-state index contributed by atoms with van der Waals surface area (Å²) in [6.45, 7) is 2.15. The zero-order valence-corrected chi connectivity index (χ0v) is 21.1. The van der Waals surface area contributed by atoms with Crippen molar-refractivity contribution in [3.05, 3.63) is 64.7 Å². The molecule has 2 aliphatic heterocycles. The van der Waals surface area contributed by atoms with Gasteiger partial charge in [0, 0.05) is 12.1 Å². The van der Waals surface area contributed by atoms with Gasteiger partial charge >= 0.3 is 5.97 Å². The van der Waals surface area contributed by atoms with Crippen LogP contribution in [0.5, 0.6) is 0 Å². The number of cyclic esters (lactones) is 1. The van der Waals surface area contributed by atoms with Crippen molar-refractivity contribution < 1.29 is 28.7 Å². The second-order valence-electron chi connectivity index (χ2n) is 9.10. The number of rotatable bonds is 8. The highest BCUT2D eigenvalue weighted by atomic mass is 35.5. The molecule has 10 nitrogen and oxygen atoms in total. The van der Waals surface area contributed by atoms with Gasteiger partial charge in [0.15, 0.2) is 0 Å². The molecule has 0 radical (unpaired) electrons. The summed E-state index contributed by atoms with van der Waals surface area (Å²) < 4.78 is 11.0. The van der Waals surface area contributed by atoms with E-state index < -0.39 is 42.2 Å². The third-order valence-electron chi connectivity index (χ3n) is 6.37. The number of amides is 3. The molecule has 2 aromatic carbocycles. The number of ether oxygens (including phenoxy) is 2. The Kier molecular flexibility index (Phi) is 8.30. The Balaban J connectivity index is 1.34. The zero-order chi connectivity index (χ0) is 26.5. The van der Waals surface area contributed by atoms with Crippen molar-refractivity contribution in [2.45, 2.75) is 57.2 Å². The molecule has 196 valence electrons. The van der Waals surface area contributed by atoms with E-state index >= 15 is 0 Å². The summed E-state index contributed by atoms with van der Waals surface area (Å²) in [6, 6.07) is 11.6. The molecule has 2 aliphatic rings. The van der Waals surface area contributed by atoms with E-state index in [4.69, 9.17) is 26.8 Å². The number of carbonyl (C=O) groups excluding carboxylic acids is 4. The van der Waals surface area contributed by atoms with E-state index in [0.717, 1.165) is 5.56 Å². The summed E-state index contributed by atoms with van der Waals surface area (Å²) in [7, 11) is 0. The van der Waals surface area contributed by atoms with E-state index in [0.29, 0.717) is 25.1 Å². The second kappa shape index (κ2) is 11.6. The van der Waals surface area contributed by atoms with Crippen LogP contribution in [0.1, 0.15) is 42.1 Å². The lowest BCUT2D eigenvalue weighted by Gasteiger charge is -2.28. The minimum absolute atomic E-state index is 0.0253. The highest BCUT2D eigenvalue weighted by Crippen LogP contribution is 2.23. The van der Waals surface area contributed by atoms with E-state index in [1.807, 2.05) is 30.3 Å². The Bertz CT molecular complexity index is 1180. The van der Waals surface area contributed by atoms with Crippen LogP contribution in [-0.2, 0) is 30.5 Å². The molecule has 4 rings (SSSR count). The molecule has 4 atom stereocenters. The van der Waals surface area contributed by atoms with Gasteiger partial charge in [-0.25, -0.2) is 0 Å². The van der Waals surface area contributed by atoms with E-state index in [1.54, 1.807) is 6.92 Å². The van der Waals surface area contributed by atoms with Crippen molar-refractivity contribution in [3.8, 4) is 0 Å². The molecule has 11 heteroatoms. The number of nitrogens with one attached hydrogen (secondary N) is 2. The van der Waals surface area contributed by atoms with Crippen molar-refractivity contribution in [2.75, 3.05) is 12.3 Å². The summed E-state index contributed by atoms with van der Waals surface area (Å²) in [6.07, 6.45) is 0.143. The minimum atomic E-state index is -0.924. The summed E-state index contributed by atoms with van der Waals surface area (Å²) >= 11 is 5.99. The fraction of sp³-hybridized carbons (Fsp3) is 0.385. The van der Waals surface area contributed by atoms with Crippen LogP contribution in [0.15, 0.2) is 48.5 Å². The van der Waals surface area contributed by atoms with Crippen molar-refractivity contribution in [1.82, 2.24) is 15.5 Å². The van der Waals surface area contributed by atoms with Gasteiger partial charge in [-0.05, 0) is 43.5 Å². The van der Waals surface area contributed by atoms with Crippen LogP contribution >= 0.6 is 11.6 Å². The number of nitrogens with zero attached hydrogens (tertiary/aromatic N) is 1. The van der Waals surface area contributed by atoms with E-state index in [1.165, 1.54) is 23.1 Å². The Morgan fingerprint density at radius 1 is 1.22 bits per heavy atom. The van der Waals surface area contributed by atoms with Gasteiger partial charge in [0.2, 0.25) is 18.1 Å². The monoisotopic (exact) mass is 528 g/mol. The summed E-state index contributed by atoms with van der Waals surface area (Å²) in [5.74, 6) is -1.74. The molecule has 0 aromatic heterocycles. The Morgan fingerprint density at radius 3 is 2.70 bits per heavy atom. The molecule has 37 heavy (non-hydrogen) atoms. The molecule has 0 aliphatic carbocycles. The van der Waals surface area contributed by atoms with Gasteiger partial charge in [0.05, 0.1) is 23.7 Å². The van der Waals surface area contributed by atoms with Crippen molar-refractivity contribution >= 4 is 41.0 Å². The van der Waals surface area contributed by atoms with Crippen LogP contribution in [0.4, 0.5) is 5.69 Å². The Morgan fingerprint density at radius 2 is 1.97 bits per heavy atom. The van der Waals surface area contributed by atoms with Crippen LogP contribution in [0.25, 0.3) is 0 Å². The largest absolute Gasteiger partial charge is 0.433 e. The van der Waals surface area contributed by atoms with Crippen molar-refractivity contribution in [2.24, 2.45) is 0 Å². The lowest BCUT2D eigenvalue weighted by molar-refractivity contribution is -0.168. The predicted octanol–water partition coefficient (Wildman–Crippen LogP) is 2.01. The van der Waals surface area contributed by atoms with Crippen molar-refractivity contribution in [1.29, 1.82) is 0 Å². The lowest BCUT2D eigenvalue weighted by atomic mass is 10.1. The maximum absolute atomic E-state index is 13.1. The van der Waals surface area contributed by atoms with Crippen LogP contribution in [0.2, 0.25) is 5.02 Å². The molecule has 0 bridgehead atoms. The average molecular weight is 529 g/mol. The number of hydrogen-bond acceptors (Lipinski definition) is 7.